The van der Waals surface area contributed by atoms with Crippen LogP contribution in [0.5, 0.6) is 0 Å². The molecule has 0 atom stereocenters. The number of anilines is 2. The summed E-state index contributed by atoms with van der Waals surface area (Å²) in [6, 6.07) is 0. The van der Waals surface area contributed by atoms with E-state index in [1.807, 2.05) is 25.7 Å². The van der Waals surface area contributed by atoms with Gasteiger partial charge in [0.25, 0.3) is 0 Å². The minimum absolute atomic E-state index is 0.0140. The molecular formula is C12H20BrN5O. The topological polar surface area (TPSA) is 70.2 Å². The fraction of sp³-hybridized carbons (Fsp3) is 0.583. The highest BCUT2D eigenvalue weighted by Gasteiger charge is 2.15. The third-order valence-corrected chi connectivity index (χ3v) is 3.01. The van der Waals surface area contributed by atoms with Gasteiger partial charge in [-0.15, -0.1) is 0 Å². The van der Waals surface area contributed by atoms with Crippen molar-refractivity contribution in [2.24, 2.45) is 0 Å². The molecule has 1 heterocycles. The van der Waals surface area contributed by atoms with Crippen LogP contribution in [-0.4, -0.2) is 42.1 Å². The Labute approximate surface area is 122 Å². The van der Waals surface area contributed by atoms with E-state index in [9.17, 15) is 4.79 Å². The first kappa shape index (κ1) is 15.7. The van der Waals surface area contributed by atoms with Gasteiger partial charge >= 0.3 is 0 Å². The Morgan fingerprint density at radius 2 is 2.11 bits per heavy atom. The van der Waals surface area contributed by atoms with Crippen molar-refractivity contribution >= 4 is 33.6 Å². The molecule has 0 saturated carbocycles. The first-order valence-electron chi connectivity index (χ1n) is 6.40. The zero-order valence-corrected chi connectivity index (χ0v) is 13.1. The van der Waals surface area contributed by atoms with Crippen LogP contribution in [0.1, 0.15) is 20.8 Å². The molecular weight excluding hydrogens is 310 g/mol. The third kappa shape index (κ3) is 4.66. The van der Waals surface area contributed by atoms with Gasteiger partial charge in [-0.25, -0.2) is 4.98 Å². The lowest BCUT2D eigenvalue weighted by molar-refractivity contribution is -0.119. The Balaban J connectivity index is 2.90. The number of carbonyl (C=O) groups is 1. The lowest BCUT2D eigenvalue weighted by Gasteiger charge is -2.22. The van der Waals surface area contributed by atoms with Crippen molar-refractivity contribution in [1.82, 2.24) is 15.3 Å². The molecule has 1 rings (SSSR count). The summed E-state index contributed by atoms with van der Waals surface area (Å²) in [4.78, 5) is 22.2. The van der Waals surface area contributed by atoms with E-state index < -0.39 is 0 Å². The molecule has 0 saturated heterocycles. The zero-order valence-electron chi connectivity index (χ0n) is 11.5. The molecule has 19 heavy (non-hydrogen) atoms. The van der Waals surface area contributed by atoms with Gasteiger partial charge in [0, 0.05) is 25.8 Å². The van der Waals surface area contributed by atoms with Crippen molar-refractivity contribution in [3.63, 3.8) is 0 Å². The van der Waals surface area contributed by atoms with Crippen LogP contribution in [0, 0.1) is 0 Å². The summed E-state index contributed by atoms with van der Waals surface area (Å²) < 4.78 is 0.778. The summed E-state index contributed by atoms with van der Waals surface area (Å²) in [7, 11) is 0. The Morgan fingerprint density at radius 3 is 2.68 bits per heavy atom. The minimum Gasteiger partial charge on any atom is -0.355 e. The van der Waals surface area contributed by atoms with Crippen LogP contribution in [0.3, 0.4) is 0 Å². The minimum atomic E-state index is -0.0140. The number of hydrogen-bond acceptors (Lipinski definition) is 5. The van der Waals surface area contributed by atoms with Gasteiger partial charge in [-0.2, -0.15) is 4.98 Å². The predicted octanol–water partition coefficient (Wildman–Crippen LogP) is 1.63. The largest absolute Gasteiger partial charge is 0.355 e. The van der Waals surface area contributed by atoms with Gasteiger partial charge < -0.3 is 15.5 Å². The number of likely N-dealkylation sites (N-methyl/N-ethyl adjacent to an activating group) is 2. The number of hydrogen-bond donors (Lipinski definition) is 2. The van der Waals surface area contributed by atoms with E-state index in [2.05, 4.69) is 36.5 Å². The van der Waals surface area contributed by atoms with Crippen molar-refractivity contribution in [3.05, 3.63) is 10.7 Å². The van der Waals surface area contributed by atoms with Gasteiger partial charge in [0.05, 0.1) is 11.0 Å². The number of nitrogens with zero attached hydrogens (tertiary/aromatic N) is 3. The van der Waals surface area contributed by atoms with Crippen LogP contribution in [0.4, 0.5) is 11.8 Å². The predicted molar refractivity (Wildman–Crippen MR) is 80.5 cm³/mol. The van der Waals surface area contributed by atoms with E-state index in [0.29, 0.717) is 19.0 Å². The second kappa shape index (κ2) is 7.93. The fourth-order valence-corrected chi connectivity index (χ4v) is 2.03. The zero-order chi connectivity index (χ0) is 14.3. The molecule has 1 aromatic heterocycles. The number of aromatic nitrogens is 2. The number of nitrogens with one attached hydrogen (secondary N) is 2. The van der Waals surface area contributed by atoms with Gasteiger partial charge in [-0.3, -0.25) is 4.79 Å². The molecule has 0 fully saturated rings. The van der Waals surface area contributed by atoms with Crippen LogP contribution in [0.2, 0.25) is 0 Å². The van der Waals surface area contributed by atoms with Crippen molar-refractivity contribution in [2.45, 2.75) is 20.8 Å². The average Bonchev–Trinajstić information content (AvgIpc) is 2.39. The van der Waals surface area contributed by atoms with Crippen molar-refractivity contribution < 1.29 is 4.79 Å². The maximum Gasteiger partial charge on any atom is 0.239 e. The maximum atomic E-state index is 11.7. The molecule has 0 bridgehead atoms. The summed E-state index contributed by atoms with van der Waals surface area (Å²) in [5, 5.41) is 5.85. The van der Waals surface area contributed by atoms with Crippen LogP contribution in [0.15, 0.2) is 10.7 Å². The molecule has 0 aliphatic heterocycles. The third-order valence-electron chi connectivity index (χ3n) is 2.45. The van der Waals surface area contributed by atoms with Crippen molar-refractivity contribution in [3.8, 4) is 0 Å². The average molecular weight is 330 g/mol. The lowest BCUT2D eigenvalue weighted by atomic mass is 10.4. The Bertz CT molecular complexity index is 427. The Hall–Kier alpha value is -1.37. The van der Waals surface area contributed by atoms with E-state index in [1.54, 1.807) is 6.20 Å². The second-order valence-corrected chi connectivity index (χ2v) is 4.72. The molecule has 0 aromatic carbocycles. The lowest BCUT2D eigenvalue weighted by Crippen LogP contribution is -2.37. The summed E-state index contributed by atoms with van der Waals surface area (Å²) >= 11 is 3.43. The van der Waals surface area contributed by atoms with Gasteiger partial charge in [-0.1, -0.05) is 0 Å². The van der Waals surface area contributed by atoms with Gasteiger partial charge in [0.15, 0.2) is 0 Å². The molecule has 0 unspecified atom stereocenters. The number of halogens is 1. The molecule has 1 aromatic rings. The maximum absolute atomic E-state index is 11.7. The molecule has 0 aliphatic rings. The van der Waals surface area contributed by atoms with E-state index in [4.69, 9.17) is 0 Å². The smallest absolute Gasteiger partial charge is 0.239 e. The molecule has 1 amide bonds. The highest BCUT2D eigenvalue weighted by molar-refractivity contribution is 9.10. The highest BCUT2D eigenvalue weighted by atomic mass is 79.9. The standard InChI is InChI=1S/C12H20BrN5O/c1-4-14-10(19)8-18(6-3)11-9(13)7-16-12(17-11)15-5-2/h7H,4-6,8H2,1-3H3,(H,14,19)(H,15,16,17). The fourth-order valence-electron chi connectivity index (χ4n) is 1.59. The highest BCUT2D eigenvalue weighted by Crippen LogP contribution is 2.23. The Morgan fingerprint density at radius 1 is 1.37 bits per heavy atom. The molecule has 2 N–H and O–H groups in total. The van der Waals surface area contributed by atoms with Gasteiger partial charge in [-0.05, 0) is 36.7 Å². The van der Waals surface area contributed by atoms with E-state index in [-0.39, 0.29) is 12.5 Å². The van der Waals surface area contributed by atoms with E-state index >= 15 is 0 Å². The monoisotopic (exact) mass is 329 g/mol. The van der Waals surface area contributed by atoms with Crippen LogP contribution in [0.25, 0.3) is 0 Å². The van der Waals surface area contributed by atoms with E-state index in [0.717, 1.165) is 16.8 Å². The summed E-state index contributed by atoms with van der Waals surface area (Å²) in [6.45, 7) is 8.23. The molecule has 6 nitrogen and oxygen atoms in total. The number of carbonyl (C=O) groups excluding carboxylic acids is 1. The second-order valence-electron chi connectivity index (χ2n) is 3.86. The molecule has 0 spiro atoms. The van der Waals surface area contributed by atoms with Crippen LogP contribution >= 0.6 is 15.9 Å². The Kier molecular flexibility index (Phi) is 6.55. The quantitative estimate of drug-likeness (QED) is 0.795. The van der Waals surface area contributed by atoms with Gasteiger partial charge in [0.1, 0.15) is 5.82 Å². The number of rotatable bonds is 7. The molecule has 106 valence electrons. The summed E-state index contributed by atoms with van der Waals surface area (Å²) in [6.07, 6.45) is 1.70. The first-order valence-corrected chi connectivity index (χ1v) is 7.19. The summed E-state index contributed by atoms with van der Waals surface area (Å²) in [5.74, 6) is 1.27. The number of amides is 1. The van der Waals surface area contributed by atoms with Crippen molar-refractivity contribution in [1.29, 1.82) is 0 Å². The van der Waals surface area contributed by atoms with Crippen LogP contribution in [-0.2, 0) is 4.79 Å². The SMILES string of the molecule is CCNC(=O)CN(CC)c1nc(NCC)ncc1Br. The normalized spacial score (nSPS) is 10.1. The first-order chi connectivity index (χ1) is 9.12. The van der Waals surface area contributed by atoms with Crippen LogP contribution < -0.4 is 15.5 Å². The molecule has 0 radical (unpaired) electrons. The van der Waals surface area contributed by atoms with E-state index in [1.165, 1.54) is 0 Å². The molecule has 0 aliphatic carbocycles. The molecule has 7 heteroatoms. The summed E-state index contributed by atoms with van der Waals surface area (Å²) in [5.41, 5.74) is 0. The van der Waals surface area contributed by atoms with Gasteiger partial charge in [0.2, 0.25) is 11.9 Å². The van der Waals surface area contributed by atoms with Crippen molar-refractivity contribution in [2.75, 3.05) is 36.4 Å².